The number of aliphatic hydroxyl groups is 1. The summed E-state index contributed by atoms with van der Waals surface area (Å²) in [7, 11) is 0. The number of esters is 1. The second-order valence-corrected chi connectivity index (χ2v) is 10.5. The lowest BCUT2D eigenvalue weighted by molar-refractivity contribution is -0.154. The van der Waals surface area contributed by atoms with Gasteiger partial charge in [0, 0.05) is 12.3 Å². The molecule has 9 atom stereocenters. The third-order valence-electron chi connectivity index (χ3n) is 8.86. The first kappa shape index (κ1) is 18.5. The first-order valence-corrected chi connectivity index (χ1v) is 10.7. The molecule has 0 aromatic rings. The normalized spacial score (nSPS) is 53.2. The number of aliphatic hydroxyl groups excluding tert-OH is 1. The first-order chi connectivity index (χ1) is 12.2. The second kappa shape index (κ2) is 6.09. The zero-order valence-electron chi connectivity index (χ0n) is 17.1. The fraction of sp³-hybridized carbons (Fsp3) is 0.870. The molecule has 0 heterocycles. The van der Waals surface area contributed by atoms with Gasteiger partial charge in [-0.05, 0) is 73.5 Å². The smallest absolute Gasteiger partial charge is 0.302 e. The van der Waals surface area contributed by atoms with Gasteiger partial charge in [-0.1, -0.05) is 39.3 Å². The van der Waals surface area contributed by atoms with Crippen LogP contribution in [0.1, 0.15) is 73.1 Å². The van der Waals surface area contributed by atoms with E-state index >= 15 is 0 Å². The van der Waals surface area contributed by atoms with Crippen LogP contribution >= 0.6 is 0 Å². The van der Waals surface area contributed by atoms with Crippen molar-refractivity contribution in [3.8, 4) is 0 Å². The minimum atomic E-state index is -0.524. The van der Waals surface area contributed by atoms with E-state index in [0.717, 1.165) is 25.2 Å². The third-order valence-corrected chi connectivity index (χ3v) is 8.86. The molecular weight excluding hydrogens is 324 g/mol. The molecule has 4 aliphatic rings. The van der Waals surface area contributed by atoms with Gasteiger partial charge in [0.25, 0.3) is 0 Å². The number of ether oxygens (including phenoxy) is 1. The molecule has 4 rings (SSSR count). The van der Waals surface area contributed by atoms with Crippen LogP contribution in [0.3, 0.4) is 0 Å². The van der Waals surface area contributed by atoms with Gasteiger partial charge in [0.1, 0.15) is 6.10 Å². The van der Waals surface area contributed by atoms with Crippen molar-refractivity contribution in [2.75, 3.05) is 0 Å². The summed E-state index contributed by atoms with van der Waals surface area (Å²) in [5, 5.41) is 11.0. The topological polar surface area (TPSA) is 46.5 Å². The SMILES string of the molecule is CC(=O)O[C@@H]1CC2C3CC=C4C[C@@H](C)CC[C@]4(C)C3C(C)C[C@]2(C)[C@H]1O. The fourth-order valence-electron chi connectivity index (χ4n) is 7.85. The lowest BCUT2D eigenvalue weighted by Crippen LogP contribution is -2.54. The maximum atomic E-state index is 11.5. The predicted octanol–water partition coefficient (Wildman–Crippen LogP) is 4.73. The summed E-state index contributed by atoms with van der Waals surface area (Å²) in [6.07, 6.45) is 8.66. The van der Waals surface area contributed by atoms with Crippen LogP contribution in [0.5, 0.6) is 0 Å². The van der Waals surface area contributed by atoms with E-state index in [-0.39, 0.29) is 17.5 Å². The average Bonchev–Trinajstić information content (AvgIpc) is 2.79. The Bertz CT molecular complexity index is 625. The van der Waals surface area contributed by atoms with E-state index in [0.29, 0.717) is 29.1 Å². The molecule has 3 heteroatoms. The van der Waals surface area contributed by atoms with Crippen LogP contribution in [-0.2, 0) is 9.53 Å². The van der Waals surface area contributed by atoms with E-state index in [1.54, 1.807) is 5.57 Å². The van der Waals surface area contributed by atoms with Crippen molar-refractivity contribution >= 4 is 5.97 Å². The summed E-state index contributed by atoms with van der Waals surface area (Å²) in [5.41, 5.74) is 1.92. The van der Waals surface area contributed by atoms with Crippen molar-refractivity contribution < 1.29 is 14.6 Å². The molecule has 0 spiro atoms. The van der Waals surface area contributed by atoms with Crippen molar-refractivity contribution in [1.29, 1.82) is 0 Å². The highest BCUT2D eigenvalue weighted by molar-refractivity contribution is 5.66. The number of fused-ring (bicyclic) bond motifs is 5. The van der Waals surface area contributed by atoms with E-state index < -0.39 is 6.10 Å². The van der Waals surface area contributed by atoms with Crippen molar-refractivity contribution in [3.63, 3.8) is 0 Å². The monoisotopic (exact) mass is 360 g/mol. The zero-order valence-corrected chi connectivity index (χ0v) is 17.1. The van der Waals surface area contributed by atoms with Gasteiger partial charge in [-0.15, -0.1) is 0 Å². The fourth-order valence-corrected chi connectivity index (χ4v) is 7.85. The highest BCUT2D eigenvalue weighted by atomic mass is 16.6. The summed E-state index contributed by atoms with van der Waals surface area (Å²) >= 11 is 0. The molecule has 4 aliphatic carbocycles. The molecule has 0 amide bonds. The molecule has 4 unspecified atom stereocenters. The van der Waals surface area contributed by atoms with Crippen molar-refractivity contribution in [3.05, 3.63) is 11.6 Å². The Morgan fingerprint density at radius 3 is 2.73 bits per heavy atom. The minimum Gasteiger partial charge on any atom is -0.460 e. The van der Waals surface area contributed by atoms with Gasteiger partial charge in [-0.25, -0.2) is 0 Å². The van der Waals surface area contributed by atoms with Crippen LogP contribution in [0.25, 0.3) is 0 Å². The quantitative estimate of drug-likeness (QED) is 0.543. The van der Waals surface area contributed by atoms with Gasteiger partial charge in [-0.3, -0.25) is 4.79 Å². The van der Waals surface area contributed by atoms with Gasteiger partial charge in [0.2, 0.25) is 0 Å². The van der Waals surface area contributed by atoms with Crippen LogP contribution in [-0.4, -0.2) is 23.3 Å². The Hall–Kier alpha value is -0.830. The van der Waals surface area contributed by atoms with Gasteiger partial charge in [-0.2, -0.15) is 0 Å². The maximum Gasteiger partial charge on any atom is 0.302 e. The van der Waals surface area contributed by atoms with Crippen LogP contribution in [0, 0.1) is 40.4 Å². The van der Waals surface area contributed by atoms with Crippen LogP contribution in [0.2, 0.25) is 0 Å². The molecule has 1 N–H and O–H groups in total. The van der Waals surface area contributed by atoms with Crippen LogP contribution in [0.15, 0.2) is 11.6 Å². The van der Waals surface area contributed by atoms with Gasteiger partial charge in [0.05, 0.1) is 6.10 Å². The minimum absolute atomic E-state index is 0.121. The van der Waals surface area contributed by atoms with Crippen LogP contribution < -0.4 is 0 Å². The number of allylic oxidation sites excluding steroid dienone is 2. The van der Waals surface area contributed by atoms with E-state index in [2.05, 4.69) is 33.8 Å². The Morgan fingerprint density at radius 2 is 2.04 bits per heavy atom. The lowest BCUT2D eigenvalue weighted by Gasteiger charge is -2.60. The molecule has 0 aliphatic heterocycles. The average molecular weight is 361 g/mol. The van der Waals surface area contributed by atoms with Gasteiger partial charge < -0.3 is 9.84 Å². The Morgan fingerprint density at radius 1 is 1.31 bits per heavy atom. The van der Waals surface area contributed by atoms with E-state index in [1.165, 1.54) is 26.2 Å². The molecule has 0 bridgehead atoms. The summed E-state index contributed by atoms with van der Waals surface area (Å²) in [4.78, 5) is 11.5. The summed E-state index contributed by atoms with van der Waals surface area (Å²) in [6.45, 7) is 11.0. The molecule has 3 nitrogen and oxygen atoms in total. The van der Waals surface area contributed by atoms with Crippen molar-refractivity contribution in [2.24, 2.45) is 40.4 Å². The molecular formula is C23H36O3. The van der Waals surface area contributed by atoms with E-state index in [1.807, 2.05) is 0 Å². The number of carbonyl (C=O) groups excluding carboxylic acids is 1. The summed E-state index contributed by atoms with van der Waals surface area (Å²) < 4.78 is 5.54. The molecule has 3 saturated carbocycles. The van der Waals surface area contributed by atoms with Crippen molar-refractivity contribution in [1.82, 2.24) is 0 Å². The highest BCUT2D eigenvalue weighted by Gasteiger charge is 2.63. The molecule has 3 fully saturated rings. The van der Waals surface area contributed by atoms with E-state index in [9.17, 15) is 9.90 Å². The highest BCUT2D eigenvalue weighted by Crippen LogP contribution is 2.66. The Balaban J connectivity index is 1.68. The number of hydrogen-bond donors (Lipinski definition) is 1. The summed E-state index contributed by atoms with van der Waals surface area (Å²) in [5.74, 6) is 2.93. The van der Waals surface area contributed by atoms with Crippen molar-refractivity contribution in [2.45, 2.75) is 85.4 Å². The predicted molar refractivity (Wildman–Crippen MR) is 102 cm³/mol. The second-order valence-electron chi connectivity index (χ2n) is 10.5. The number of hydrogen-bond acceptors (Lipinski definition) is 3. The molecule has 0 aromatic carbocycles. The molecule has 146 valence electrons. The van der Waals surface area contributed by atoms with Gasteiger partial charge >= 0.3 is 5.97 Å². The third kappa shape index (κ3) is 2.52. The molecule has 26 heavy (non-hydrogen) atoms. The van der Waals surface area contributed by atoms with E-state index in [4.69, 9.17) is 4.74 Å². The Kier molecular flexibility index (Phi) is 4.34. The zero-order chi connectivity index (χ0) is 18.9. The largest absolute Gasteiger partial charge is 0.460 e. The number of carbonyl (C=O) groups is 1. The molecule has 0 saturated heterocycles. The maximum absolute atomic E-state index is 11.5. The molecule has 0 aromatic heterocycles. The number of rotatable bonds is 1. The first-order valence-electron chi connectivity index (χ1n) is 10.7. The van der Waals surface area contributed by atoms with Gasteiger partial charge in [0.15, 0.2) is 0 Å². The summed E-state index contributed by atoms with van der Waals surface area (Å²) in [6, 6.07) is 0. The lowest BCUT2D eigenvalue weighted by atomic mass is 9.45. The van der Waals surface area contributed by atoms with Crippen LogP contribution in [0.4, 0.5) is 0 Å². The standard InChI is InChI=1S/C23H36O3/c1-13-8-9-22(4)16(10-13)6-7-17-18-11-19(26-15(3)24)21(25)23(18,5)12-14(2)20(17)22/h6,13-14,17-21,25H,7-12H2,1-5H3/t13-,14?,17?,18?,19+,20?,21-,22-,23-/m0/s1. The Labute approximate surface area is 158 Å². The molecule has 0 radical (unpaired) electrons.